The molecule has 5 fully saturated rings. The number of halogens is 1. The molecular weight excluding hydrogens is 1080 g/mol. The van der Waals surface area contributed by atoms with Crippen molar-refractivity contribution in [2.75, 3.05) is 68.7 Å². The molecule has 2 atom stereocenters. The van der Waals surface area contributed by atoms with Gasteiger partial charge in [0.1, 0.15) is 0 Å². The fraction of sp³-hybridized carbons (Fsp3) is 0.700. The molecule has 0 spiro atoms. The number of fused-ring (bicyclic) bond motifs is 3. The molecule has 1 aliphatic carbocycles. The molecule has 4 aromatic carbocycles. The van der Waals surface area contributed by atoms with E-state index in [1.807, 2.05) is 0 Å². The van der Waals surface area contributed by atoms with Crippen LogP contribution in [0.15, 0.2) is 91.0 Å². The first-order valence-electron chi connectivity index (χ1n) is 34.7. The van der Waals surface area contributed by atoms with Gasteiger partial charge in [0.05, 0.1) is 0 Å². The quantitative estimate of drug-likeness (QED) is 0.202. The molecule has 0 bridgehead atoms. The van der Waals surface area contributed by atoms with Crippen LogP contribution in [-0.4, -0.2) is 118 Å². The Morgan fingerprint density at radius 1 is 0.414 bits per heavy atom. The van der Waals surface area contributed by atoms with Gasteiger partial charge in [0.25, 0.3) is 0 Å². The fourth-order valence-corrected chi connectivity index (χ4v) is 15.0. The van der Waals surface area contributed by atoms with E-state index in [0.29, 0.717) is 28.1 Å². The first-order chi connectivity index (χ1) is 40.2. The largest absolute Gasteiger partial charge is 0.366 e. The zero-order chi connectivity index (χ0) is 63.3. The van der Waals surface area contributed by atoms with Gasteiger partial charge in [-0.15, -0.1) is 0 Å². The Bertz CT molecular complexity index is 2590. The van der Waals surface area contributed by atoms with Gasteiger partial charge in [0.2, 0.25) is 0 Å². The zero-order valence-corrected chi connectivity index (χ0v) is 60.0. The summed E-state index contributed by atoms with van der Waals surface area (Å²) in [5, 5.41) is 0.908. The summed E-state index contributed by atoms with van der Waals surface area (Å²) in [6, 6.07) is 33.9. The van der Waals surface area contributed by atoms with Gasteiger partial charge >= 0.3 is 0 Å². The lowest BCUT2D eigenvalue weighted by atomic mass is 9.76. The van der Waals surface area contributed by atoms with Crippen LogP contribution in [0, 0.1) is 25.7 Å². The topological polar surface area (TPSA) is 19.4 Å². The van der Waals surface area contributed by atoms with Gasteiger partial charge in [-0.1, -0.05) is 117 Å². The van der Waals surface area contributed by atoms with Crippen molar-refractivity contribution in [2.45, 2.75) is 294 Å². The highest BCUT2D eigenvalue weighted by Crippen LogP contribution is 2.40. The lowest BCUT2D eigenvalue weighted by molar-refractivity contribution is -0.00454. The maximum absolute atomic E-state index is 6.22. The predicted octanol–water partition coefficient (Wildman–Crippen LogP) is 20.7. The minimum absolute atomic E-state index is 0. The van der Waals surface area contributed by atoms with Crippen LogP contribution in [0.4, 0.5) is 11.4 Å². The first-order valence-corrected chi connectivity index (χ1v) is 35.1. The lowest BCUT2D eigenvalue weighted by Crippen LogP contribution is -2.54. The molecule has 4 saturated heterocycles. The van der Waals surface area contributed by atoms with E-state index >= 15 is 0 Å². The maximum Gasteiger partial charge on any atom is 0.0438 e. The van der Waals surface area contributed by atoms with Crippen molar-refractivity contribution in [3.63, 3.8) is 0 Å². The number of hydrogen-bond donors (Lipinski definition) is 0. The van der Waals surface area contributed by atoms with Crippen LogP contribution >= 0.6 is 11.6 Å². The zero-order valence-electron chi connectivity index (χ0n) is 59.2. The molecule has 6 nitrogen and oxygen atoms in total. The Labute approximate surface area is 543 Å². The Kier molecular flexibility index (Phi) is 28.0. The molecule has 87 heavy (non-hydrogen) atoms. The van der Waals surface area contributed by atoms with E-state index in [0.717, 1.165) is 22.9 Å². The molecule has 7 heteroatoms. The average molecular weight is 1210 g/mol. The molecule has 490 valence electrons. The summed E-state index contributed by atoms with van der Waals surface area (Å²) >= 11 is 6.22. The number of anilines is 2. The SMILES string of the molecule is C.CC(C)(C)N1CCC(Cc2ccccc2)CC1.CC(C)(C)N1CCCC2CCCCC21.CC(C)(C)N1CCCCC1.CC(C)(C)N1CCc2ccccc21.Cc1ccc(C2CCN(C(C)(C)C)CC2)cc1Cl.Cc1ccc2c(c1)CCN2C(C)(C)C. The highest BCUT2D eigenvalue weighted by atomic mass is 35.5. The van der Waals surface area contributed by atoms with Crippen LogP contribution in [0.3, 0.4) is 0 Å². The monoisotopic (exact) mass is 1210 g/mol. The van der Waals surface area contributed by atoms with Gasteiger partial charge in [-0.2, -0.15) is 0 Å². The third-order valence-corrected chi connectivity index (χ3v) is 20.5. The van der Waals surface area contributed by atoms with Crippen LogP contribution in [0.25, 0.3) is 0 Å². The molecule has 2 unspecified atom stereocenters. The van der Waals surface area contributed by atoms with Crippen molar-refractivity contribution in [3.05, 3.63) is 129 Å². The standard InChI is InChI=1S/C16H24ClN.C16H25N.C13H19N.C13H25N.C12H17N.C9H19N.CH4/c1-12-5-6-14(11-15(12)17)13-7-9-18(10-8-13)16(2,3)4;1-16(2,3)17-11-9-15(10-12-17)13-14-7-5-4-6-8-14;1-10-5-6-12-11(9-10)7-8-14(12)13(2,3)4;1-13(2,3)14-10-6-8-11-7-4-5-9-12(11)14;1-12(2,3)13-9-8-10-6-4-5-7-11(10)13;1-9(2,3)10-7-5-4-6-8-10;/h5-6,11,13H,7-10H2,1-4H3;4-8,15H,9-13H2,1-3H3;5-6,9H,7-8H2,1-4H3;11-12H,4-10H2,1-3H3;4-7H,8-9H2,1-3H3;4-8H2,1-3H3;1H4. The van der Waals surface area contributed by atoms with Crippen LogP contribution in [0.5, 0.6) is 0 Å². The predicted molar refractivity (Wildman–Crippen MR) is 386 cm³/mol. The Morgan fingerprint density at radius 3 is 1.44 bits per heavy atom. The van der Waals surface area contributed by atoms with Gasteiger partial charge in [0.15, 0.2) is 0 Å². The third-order valence-electron chi connectivity index (χ3n) is 20.1. The number of benzene rings is 4. The summed E-state index contributed by atoms with van der Waals surface area (Å²) in [6.45, 7) is 57.0. The molecule has 1 saturated carbocycles. The number of likely N-dealkylation sites (tertiary alicyclic amines) is 4. The van der Waals surface area contributed by atoms with E-state index in [9.17, 15) is 0 Å². The maximum atomic E-state index is 6.22. The molecule has 11 rings (SSSR count). The van der Waals surface area contributed by atoms with E-state index in [2.05, 4.69) is 259 Å². The Morgan fingerprint density at radius 2 is 0.908 bits per heavy atom. The van der Waals surface area contributed by atoms with Crippen LogP contribution in [0.1, 0.15) is 255 Å². The van der Waals surface area contributed by atoms with E-state index in [1.165, 1.54) is 206 Å². The molecule has 0 amide bonds. The Hall–Kier alpha value is -3.39. The minimum atomic E-state index is 0. The second-order valence-corrected chi connectivity index (χ2v) is 33.4. The van der Waals surface area contributed by atoms with Gasteiger partial charge in [0, 0.05) is 68.8 Å². The van der Waals surface area contributed by atoms with Gasteiger partial charge in [-0.05, 0) is 332 Å². The highest BCUT2D eigenvalue weighted by Gasteiger charge is 2.38. The van der Waals surface area contributed by atoms with Gasteiger partial charge in [-0.25, -0.2) is 0 Å². The molecule has 0 aromatic heterocycles. The number of aryl methyl sites for hydroxylation is 2. The molecule has 4 aromatic rings. The number of piperidine rings is 4. The third kappa shape index (κ3) is 23.0. The smallest absolute Gasteiger partial charge is 0.0438 e. The summed E-state index contributed by atoms with van der Waals surface area (Å²) < 4.78 is 0. The first kappa shape index (κ1) is 74.3. The van der Waals surface area contributed by atoms with Crippen molar-refractivity contribution in [2.24, 2.45) is 11.8 Å². The van der Waals surface area contributed by atoms with Crippen molar-refractivity contribution in [1.82, 2.24) is 19.6 Å². The molecule has 0 N–H and O–H groups in total. The summed E-state index contributed by atoms with van der Waals surface area (Å²) in [4.78, 5) is 15.6. The second kappa shape index (κ2) is 32.8. The lowest BCUT2D eigenvalue weighted by Gasteiger charge is -2.50. The Balaban J connectivity index is 0.000000191. The summed E-state index contributed by atoms with van der Waals surface area (Å²) in [5.74, 6) is 2.59. The minimum Gasteiger partial charge on any atom is -0.366 e. The van der Waals surface area contributed by atoms with Crippen molar-refractivity contribution >= 4 is 23.0 Å². The van der Waals surface area contributed by atoms with Crippen LogP contribution in [0.2, 0.25) is 5.02 Å². The average Bonchev–Trinajstić information content (AvgIpc) is 1.92. The summed E-state index contributed by atoms with van der Waals surface area (Å²) in [7, 11) is 0. The second-order valence-electron chi connectivity index (χ2n) is 33.0. The molecular formula is C80H133ClN6. The molecule has 7 aliphatic rings. The molecule has 6 aliphatic heterocycles. The number of hydrogen-bond acceptors (Lipinski definition) is 6. The van der Waals surface area contributed by atoms with E-state index in [-0.39, 0.29) is 18.5 Å². The van der Waals surface area contributed by atoms with E-state index in [1.54, 1.807) is 0 Å². The van der Waals surface area contributed by atoms with Gasteiger partial charge in [-0.3, -0.25) is 19.6 Å². The molecule has 0 radical (unpaired) electrons. The van der Waals surface area contributed by atoms with E-state index < -0.39 is 0 Å². The van der Waals surface area contributed by atoms with Crippen molar-refractivity contribution < 1.29 is 0 Å². The van der Waals surface area contributed by atoms with Gasteiger partial charge < -0.3 is 9.80 Å². The fourth-order valence-electron chi connectivity index (χ4n) is 14.8. The van der Waals surface area contributed by atoms with Crippen molar-refractivity contribution in [1.29, 1.82) is 0 Å². The normalized spacial score (nSPS) is 21.1. The van der Waals surface area contributed by atoms with Crippen LogP contribution in [-0.2, 0) is 19.3 Å². The highest BCUT2D eigenvalue weighted by molar-refractivity contribution is 6.31. The summed E-state index contributed by atoms with van der Waals surface area (Å²) in [6.07, 6.45) is 21.9. The number of para-hydroxylation sites is 1. The van der Waals surface area contributed by atoms with E-state index in [4.69, 9.17) is 11.6 Å². The van der Waals surface area contributed by atoms with Crippen molar-refractivity contribution in [3.8, 4) is 0 Å². The summed E-state index contributed by atoms with van der Waals surface area (Å²) in [5.41, 5.74) is 13.3. The van der Waals surface area contributed by atoms with Crippen LogP contribution < -0.4 is 9.80 Å². The molecule has 6 heterocycles. The number of nitrogens with zero attached hydrogens (tertiary/aromatic N) is 6. The number of rotatable bonds is 3.